The van der Waals surface area contributed by atoms with Gasteiger partial charge in [-0.3, -0.25) is 4.79 Å². The number of nitrogens with zero attached hydrogens (tertiary/aromatic N) is 3. The molecule has 1 aromatic carbocycles. The Morgan fingerprint density at radius 1 is 1.29 bits per heavy atom. The molecule has 2 aromatic rings. The van der Waals surface area contributed by atoms with E-state index in [-0.39, 0.29) is 17.8 Å². The van der Waals surface area contributed by atoms with Crippen molar-refractivity contribution in [3.63, 3.8) is 0 Å². The molecule has 1 fully saturated rings. The van der Waals surface area contributed by atoms with Gasteiger partial charge in [-0.15, -0.1) is 0 Å². The Hall–Kier alpha value is -2.43. The van der Waals surface area contributed by atoms with E-state index in [0.717, 1.165) is 36.3 Å². The van der Waals surface area contributed by atoms with Gasteiger partial charge in [0.15, 0.2) is 0 Å². The minimum absolute atomic E-state index is 0.0901. The second-order valence-electron chi connectivity index (χ2n) is 6.39. The Morgan fingerprint density at radius 2 is 2.04 bits per heavy atom. The van der Waals surface area contributed by atoms with Gasteiger partial charge in [-0.2, -0.15) is 0 Å². The Labute approximate surface area is 141 Å². The fraction of sp³-hybridized carbons (Fsp3) is 0.368. The van der Waals surface area contributed by atoms with E-state index in [4.69, 9.17) is 0 Å². The summed E-state index contributed by atoms with van der Waals surface area (Å²) in [6.07, 6.45) is 4.07. The van der Waals surface area contributed by atoms with Crippen molar-refractivity contribution >= 4 is 11.7 Å². The standard InChI is InChI=1S/C19H22FN3O/c1-22(2)18-13-15(9-10-21-18)17-4-3-11-23(17)19(24)12-14-5-7-16(20)8-6-14/h5-10,13,17H,3-4,11-12H2,1-2H3. The first-order chi connectivity index (χ1) is 11.5. The molecule has 0 spiro atoms. The average Bonchev–Trinajstić information content (AvgIpc) is 3.07. The van der Waals surface area contributed by atoms with Gasteiger partial charge < -0.3 is 9.80 Å². The van der Waals surface area contributed by atoms with Crippen molar-refractivity contribution in [3.05, 3.63) is 59.5 Å². The molecule has 2 heterocycles. The molecule has 1 atom stereocenters. The van der Waals surface area contributed by atoms with Crippen molar-refractivity contribution in [2.24, 2.45) is 0 Å². The number of likely N-dealkylation sites (tertiary alicyclic amines) is 1. The van der Waals surface area contributed by atoms with Crippen LogP contribution in [0.1, 0.15) is 30.0 Å². The molecular formula is C19H22FN3O. The molecule has 5 heteroatoms. The van der Waals surface area contributed by atoms with Gasteiger partial charge in [-0.1, -0.05) is 12.1 Å². The summed E-state index contributed by atoms with van der Waals surface area (Å²) < 4.78 is 13.0. The molecule has 1 unspecified atom stereocenters. The molecule has 1 saturated heterocycles. The third kappa shape index (κ3) is 3.55. The molecule has 1 aliphatic rings. The maximum atomic E-state index is 13.0. The first-order valence-corrected chi connectivity index (χ1v) is 8.22. The summed E-state index contributed by atoms with van der Waals surface area (Å²) in [6, 6.07) is 10.3. The van der Waals surface area contributed by atoms with Gasteiger partial charge in [0.25, 0.3) is 0 Å². The van der Waals surface area contributed by atoms with Crippen LogP contribution in [0.15, 0.2) is 42.6 Å². The zero-order chi connectivity index (χ0) is 17.1. The van der Waals surface area contributed by atoms with Crippen molar-refractivity contribution in [1.29, 1.82) is 0 Å². The smallest absolute Gasteiger partial charge is 0.227 e. The number of carbonyl (C=O) groups is 1. The minimum atomic E-state index is -0.279. The lowest BCUT2D eigenvalue weighted by atomic mass is 10.0. The summed E-state index contributed by atoms with van der Waals surface area (Å²) >= 11 is 0. The number of hydrogen-bond donors (Lipinski definition) is 0. The van der Waals surface area contributed by atoms with Gasteiger partial charge in [0.1, 0.15) is 11.6 Å². The second kappa shape index (κ2) is 6.99. The number of halogens is 1. The lowest BCUT2D eigenvalue weighted by molar-refractivity contribution is -0.131. The van der Waals surface area contributed by atoms with E-state index >= 15 is 0 Å². The predicted molar refractivity (Wildman–Crippen MR) is 92.4 cm³/mol. The van der Waals surface area contributed by atoms with E-state index in [2.05, 4.69) is 4.98 Å². The number of amides is 1. The maximum absolute atomic E-state index is 13.0. The third-order valence-electron chi connectivity index (χ3n) is 4.45. The van der Waals surface area contributed by atoms with E-state index in [0.29, 0.717) is 6.42 Å². The number of benzene rings is 1. The SMILES string of the molecule is CN(C)c1cc(C2CCCN2C(=O)Cc2ccc(F)cc2)ccn1. The predicted octanol–water partition coefficient (Wildman–Crippen LogP) is 3.19. The monoisotopic (exact) mass is 327 g/mol. The lowest BCUT2D eigenvalue weighted by Gasteiger charge is -2.26. The van der Waals surface area contributed by atoms with Crippen molar-refractivity contribution < 1.29 is 9.18 Å². The van der Waals surface area contributed by atoms with Gasteiger partial charge in [0.05, 0.1) is 12.5 Å². The van der Waals surface area contributed by atoms with Crippen LogP contribution in [-0.4, -0.2) is 36.4 Å². The van der Waals surface area contributed by atoms with Crippen molar-refractivity contribution in [3.8, 4) is 0 Å². The molecule has 1 amide bonds. The van der Waals surface area contributed by atoms with Gasteiger partial charge in [-0.25, -0.2) is 9.37 Å². The van der Waals surface area contributed by atoms with Gasteiger partial charge >= 0.3 is 0 Å². The molecule has 126 valence electrons. The van der Waals surface area contributed by atoms with Gasteiger partial charge in [0, 0.05) is 26.8 Å². The fourth-order valence-corrected chi connectivity index (χ4v) is 3.18. The van der Waals surface area contributed by atoms with Crippen LogP contribution in [-0.2, 0) is 11.2 Å². The highest BCUT2D eigenvalue weighted by molar-refractivity contribution is 5.79. The molecule has 1 aromatic heterocycles. The van der Waals surface area contributed by atoms with Gasteiger partial charge in [0.2, 0.25) is 5.91 Å². The molecule has 4 nitrogen and oxygen atoms in total. The molecule has 0 saturated carbocycles. The zero-order valence-corrected chi connectivity index (χ0v) is 14.1. The highest BCUT2D eigenvalue weighted by Gasteiger charge is 2.30. The molecule has 0 bridgehead atoms. The number of pyridine rings is 1. The van der Waals surface area contributed by atoms with E-state index in [1.54, 1.807) is 18.3 Å². The molecule has 0 aliphatic carbocycles. The first-order valence-electron chi connectivity index (χ1n) is 8.22. The van der Waals surface area contributed by atoms with Crippen LogP contribution in [0.3, 0.4) is 0 Å². The van der Waals surface area contributed by atoms with Gasteiger partial charge in [-0.05, 0) is 48.2 Å². The van der Waals surface area contributed by atoms with E-state index < -0.39 is 0 Å². The second-order valence-corrected chi connectivity index (χ2v) is 6.39. The van der Waals surface area contributed by atoms with Crippen LogP contribution < -0.4 is 4.90 Å². The molecular weight excluding hydrogens is 305 g/mol. The zero-order valence-electron chi connectivity index (χ0n) is 14.1. The maximum Gasteiger partial charge on any atom is 0.227 e. The summed E-state index contributed by atoms with van der Waals surface area (Å²) in [5.41, 5.74) is 1.97. The topological polar surface area (TPSA) is 36.4 Å². The molecule has 0 radical (unpaired) electrons. The van der Waals surface area contributed by atoms with E-state index in [1.807, 2.05) is 36.0 Å². The molecule has 0 N–H and O–H groups in total. The first kappa shape index (κ1) is 16.4. The Bertz CT molecular complexity index is 715. The summed E-state index contributed by atoms with van der Waals surface area (Å²) in [4.78, 5) is 21.0. The summed E-state index contributed by atoms with van der Waals surface area (Å²) in [5, 5.41) is 0. The lowest BCUT2D eigenvalue weighted by Crippen LogP contribution is -2.32. The normalized spacial score (nSPS) is 17.1. The number of rotatable bonds is 4. The van der Waals surface area contributed by atoms with Crippen molar-refractivity contribution in [2.45, 2.75) is 25.3 Å². The summed E-state index contributed by atoms with van der Waals surface area (Å²) in [5.74, 6) is 0.705. The number of carbonyl (C=O) groups excluding carboxylic acids is 1. The van der Waals surface area contributed by atoms with Crippen LogP contribution in [0.5, 0.6) is 0 Å². The Balaban J connectivity index is 1.76. The quantitative estimate of drug-likeness (QED) is 0.865. The minimum Gasteiger partial charge on any atom is -0.363 e. The highest BCUT2D eigenvalue weighted by atomic mass is 19.1. The largest absolute Gasteiger partial charge is 0.363 e. The van der Waals surface area contributed by atoms with Crippen LogP contribution in [0.4, 0.5) is 10.2 Å². The molecule has 1 aliphatic heterocycles. The molecule has 3 rings (SSSR count). The fourth-order valence-electron chi connectivity index (χ4n) is 3.18. The highest BCUT2D eigenvalue weighted by Crippen LogP contribution is 2.33. The summed E-state index contributed by atoms with van der Waals surface area (Å²) in [7, 11) is 3.91. The van der Waals surface area contributed by atoms with Crippen molar-refractivity contribution in [2.75, 3.05) is 25.5 Å². The van der Waals surface area contributed by atoms with Crippen LogP contribution in [0, 0.1) is 5.82 Å². The number of aromatic nitrogens is 1. The van der Waals surface area contributed by atoms with Crippen LogP contribution in [0.2, 0.25) is 0 Å². The van der Waals surface area contributed by atoms with Crippen LogP contribution >= 0.6 is 0 Å². The van der Waals surface area contributed by atoms with Crippen LogP contribution in [0.25, 0.3) is 0 Å². The third-order valence-corrected chi connectivity index (χ3v) is 4.45. The summed E-state index contributed by atoms with van der Waals surface area (Å²) in [6.45, 7) is 0.768. The Kier molecular flexibility index (Phi) is 4.79. The van der Waals surface area contributed by atoms with Crippen molar-refractivity contribution in [1.82, 2.24) is 9.88 Å². The van der Waals surface area contributed by atoms with E-state index in [9.17, 15) is 9.18 Å². The number of hydrogen-bond acceptors (Lipinski definition) is 3. The average molecular weight is 327 g/mol. The molecule has 24 heavy (non-hydrogen) atoms. The van der Waals surface area contributed by atoms with E-state index in [1.165, 1.54) is 12.1 Å². The number of anilines is 1. The Morgan fingerprint density at radius 3 is 2.75 bits per heavy atom.